The summed E-state index contributed by atoms with van der Waals surface area (Å²) in [5.41, 5.74) is 0.191. The van der Waals surface area contributed by atoms with E-state index in [2.05, 4.69) is 25.7 Å². The van der Waals surface area contributed by atoms with Crippen LogP contribution in [0.3, 0.4) is 0 Å². The van der Waals surface area contributed by atoms with Crippen LogP contribution in [-0.2, 0) is 21.3 Å². The fourth-order valence-electron chi connectivity index (χ4n) is 1.34. The minimum atomic E-state index is -2.71. The monoisotopic (exact) mass is 327 g/mol. The number of aromatic nitrogens is 1. The van der Waals surface area contributed by atoms with E-state index in [0.717, 1.165) is 6.07 Å². The van der Waals surface area contributed by atoms with Crippen LogP contribution < -0.4 is 0 Å². The number of carbonyl (C=O) groups excluding carboxylic acids is 1. The van der Waals surface area contributed by atoms with Gasteiger partial charge in [-0.05, 0) is 11.6 Å². The third-order valence-corrected chi connectivity index (χ3v) is 2.85. The van der Waals surface area contributed by atoms with Crippen molar-refractivity contribution in [2.75, 3.05) is 7.11 Å². The molecule has 3 nitrogen and oxygen atoms in total. The van der Waals surface area contributed by atoms with Crippen LogP contribution in [0.4, 0.5) is 8.78 Å². The van der Waals surface area contributed by atoms with Crippen molar-refractivity contribution in [3.8, 4) is 0 Å². The number of hydrogen-bond acceptors (Lipinski definition) is 3. The van der Waals surface area contributed by atoms with Gasteiger partial charge in [0.25, 0.3) is 6.43 Å². The topological polar surface area (TPSA) is 39.2 Å². The quantitative estimate of drug-likeness (QED) is 0.484. The Morgan fingerprint density at radius 3 is 2.76 bits per heavy atom. The summed E-state index contributed by atoms with van der Waals surface area (Å²) in [5, 5.41) is 0.211. The van der Waals surface area contributed by atoms with Gasteiger partial charge in [-0.1, -0.05) is 27.5 Å². The number of halogens is 4. The van der Waals surface area contributed by atoms with Gasteiger partial charge in [-0.2, -0.15) is 0 Å². The first-order valence-electron chi connectivity index (χ1n) is 4.58. The van der Waals surface area contributed by atoms with E-state index in [4.69, 9.17) is 11.6 Å². The first kappa shape index (κ1) is 14.3. The van der Waals surface area contributed by atoms with E-state index in [9.17, 15) is 13.6 Å². The Labute approximate surface area is 110 Å². The predicted molar refractivity (Wildman–Crippen MR) is 62.6 cm³/mol. The molecule has 0 saturated carbocycles. The minimum Gasteiger partial charge on any atom is -0.469 e. The average molecular weight is 329 g/mol. The number of carbonyl (C=O) groups is 1. The zero-order chi connectivity index (χ0) is 13.0. The zero-order valence-electron chi connectivity index (χ0n) is 8.84. The first-order valence-corrected chi connectivity index (χ1v) is 6.08. The van der Waals surface area contributed by atoms with Gasteiger partial charge < -0.3 is 4.74 Å². The third kappa shape index (κ3) is 3.61. The third-order valence-electron chi connectivity index (χ3n) is 2.12. The van der Waals surface area contributed by atoms with Gasteiger partial charge in [0.05, 0.1) is 19.2 Å². The average Bonchev–Trinajstić information content (AvgIpc) is 2.30. The molecular weight excluding hydrogens is 319 g/mol. The highest BCUT2D eigenvalue weighted by atomic mass is 79.9. The highest BCUT2D eigenvalue weighted by molar-refractivity contribution is 9.08. The Morgan fingerprint density at radius 2 is 2.29 bits per heavy atom. The largest absolute Gasteiger partial charge is 0.469 e. The Kier molecular flexibility index (Phi) is 5.27. The van der Waals surface area contributed by atoms with Crippen molar-refractivity contribution in [1.29, 1.82) is 0 Å². The number of ether oxygens (including phenoxy) is 1. The van der Waals surface area contributed by atoms with Crippen molar-refractivity contribution in [2.45, 2.75) is 18.2 Å². The molecule has 1 heterocycles. The van der Waals surface area contributed by atoms with Gasteiger partial charge in [0.1, 0.15) is 5.15 Å². The van der Waals surface area contributed by atoms with Gasteiger partial charge in [-0.15, -0.1) is 0 Å². The first-order chi connectivity index (χ1) is 7.99. The van der Waals surface area contributed by atoms with E-state index in [-0.39, 0.29) is 28.0 Å². The van der Waals surface area contributed by atoms with Crippen LogP contribution in [-0.4, -0.2) is 18.1 Å². The molecule has 0 spiro atoms. The normalized spacial score (nSPS) is 10.7. The summed E-state index contributed by atoms with van der Waals surface area (Å²) in [6.45, 7) is 0. The maximum absolute atomic E-state index is 12.8. The summed E-state index contributed by atoms with van der Waals surface area (Å²) >= 11 is 8.75. The summed E-state index contributed by atoms with van der Waals surface area (Å²) in [5.74, 6) is -0.599. The van der Waals surface area contributed by atoms with E-state index in [1.807, 2.05) is 0 Å². The van der Waals surface area contributed by atoms with Gasteiger partial charge in [0, 0.05) is 10.9 Å². The van der Waals surface area contributed by atoms with Crippen molar-refractivity contribution >= 4 is 33.5 Å². The molecule has 1 aromatic rings. The number of esters is 1. The lowest BCUT2D eigenvalue weighted by molar-refractivity contribution is -0.139. The summed E-state index contributed by atoms with van der Waals surface area (Å²) in [4.78, 5) is 15.1. The summed E-state index contributed by atoms with van der Waals surface area (Å²) < 4.78 is 30.1. The van der Waals surface area contributed by atoms with E-state index < -0.39 is 12.4 Å². The molecule has 0 saturated heterocycles. The van der Waals surface area contributed by atoms with E-state index >= 15 is 0 Å². The zero-order valence-corrected chi connectivity index (χ0v) is 11.2. The van der Waals surface area contributed by atoms with Crippen molar-refractivity contribution in [3.05, 3.63) is 28.0 Å². The summed E-state index contributed by atoms with van der Waals surface area (Å²) in [6.07, 6.45) is -2.96. The van der Waals surface area contributed by atoms with Crippen molar-refractivity contribution in [1.82, 2.24) is 4.98 Å². The molecule has 94 valence electrons. The second-order valence-corrected chi connectivity index (χ2v) is 4.09. The van der Waals surface area contributed by atoms with Crippen molar-refractivity contribution in [3.63, 3.8) is 0 Å². The highest BCUT2D eigenvalue weighted by Gasteiger charge is 2.20. The predicted octanol–water partition coefficient (Wildman–Crippen LogP) is 3.28. The van der Waals surface area contributed by atoms with Crippen LogP contribution in [0.15, 0.2) is 6.07 Å². The smallest absolute Gasteiger partial charge is 0.310 e. The summed E-state index contributed by atoms with van der Waals surface area (Å²) in [6, 6.07) is 1.07. The number of methoxy groups -OCH3 is 1. The van der Waals surface area contributed by atoms with E-state index in [1.54, 1.807) is 0 Å². The standard InChI is InChI=1S/C10H9BrClF2NO2/c1-17-9(16)3-5-6(10(13)14)2-8(12)15-7(5)4-11/h2,10H,3-4H2,1H3. The molecule has 0 fully saturated rings. The van der Waals surface area contributed by atoms with Crippen LogP contribution in [0.1, 0.15) is 23.2 Å². The molecule has 0 aliphatic rings. The second kappa shape index (κ2) is 6.26. The van der Waals surface area contributed by atoms with Gasteiger partial charge in [-0.25, -0.2) is 13.8 Å². The Morgan fingerprint density at radius 1 is 1.65 bits per heavy atom. The molecule has 0 aromatic carbocycles. The molecule has 0 N–H and O–H groups in total. The fourth-order valence-corrected chi connectivity index (χ4v) is 2.02. The molecule has 0 aliphatic heterocycles. The second-order valence-electron chi connectivity index (χ2n) is 3.15. The Bertz CT molecular complexity index is 429. The molecule has 0 aliphatic carbocycles. The van der Waals surface area contributed by atoms with Crippen LogP contribution in [0.2, 0.25) is 5.15 Å². The molecule has 0 atom stereocenters. The Hall–Kier alpha value is -0.750. The van der Waals surface area contributed by atoms with E-state index in [0.29, 0.717) is 5.69 Å². The molecular formula is C10H9BrClF2NO2. The maximum Gasteiger partial charge on any atom is 0.310 e. The number of nitrogens with zero attached hydrogens (tertiary/aromatic N) is 1. The molecule has 0 amide bonds. The van der Waals surface area contributed by atoms with Crippen molar-refractivity contribution in [2.24, 2.45) is 0 Å². The molecule has 1 aromatic heterocycles. The molecule has 7 heteroatoms. The number of alkyl halides is 3. The number of rotatable bonds is 4. The van der Waals surface area contributed by atoms with Crippen LogP contribution in [0.5, 0.6) is 0 Å². The van der Waals surface area contributed by atoms with Gasteiger partial charge in [-0.3, -0.25) is 4.79 Å². The van der Waals surface area contributed by atoms with Crippen LogP contribution in [0.25, 0.3) is 0 Å². The Balaban J connectivity index is 3.26. The van der Waals surface area contributed by atoms with Gasteiger partial charge in [0.2, 0.25) is 0 Å². The highest BCUT2D eigenvalue weighted by Crippen LogP contribution is 2.28. The van der Waals surface area contributed by atoms with Crippen molar-refractivity contribution < 1.29 is 18.3 Å². The lowest BCUT2D eigenvalue weighted by atomic mass is 10.0. The maximum atomic E-state index is 12.8. The minimum absolute atomic E-state index is 0.0247. The van der Waals surface area contributed by atoms with Crippen LogP contribution in [0, 0.1) is 0 Å². The lowest BCUT2D eigenvalue weighted by Gasteiger charge is -2.12. The number of hydrogen-bond donors (Lipinski definition) is 0. The van der Waals surface area contributed by atoms with E-state index in [1.165, 1.54) is 7.11 Å². The fraction of sp³-hybridized carbons (Fsp3) is 0.400. The molecule has 1 rings (SSSR count). The molecule has 0 radical (unpaired) electrons. The molecule has 0 bridgehead atoms. The lowest BCUT2D eigenvalue weighted by Crippen LogP contribution is -2.11. The molecule has 0 unspecified atom stereocenters. The summed E-state index contributed by atoms with van der Waals surface area (Å²) in [7, 11) is 1.20. The van der Waals surface area contributed by atoms with Gasteiger partial charge >= 0.3 is 5.97 Å². The van der Waals surface area contributed by atoms with Gasteiger partial charge in [0.15, 0.2) is 0 Å². The molecule has 17 heavy (non-hydrogen) atoms. The van der Waals surface area contributed by atoms with Crippen LogP contribution >= 0.6 is 27.5 Å². The number of pyridine rings is 1. The SMILES string of the molecule is COC(=O)Cc1c(C(F)F)cc(Cl)nc1CBr.